The average molecular weight is 254 g/mol. The van der Waals surface area contributed by atoms with E-state index >= 15 is 0 Å². The maximum absolute atomic E-state index is 13.5. The molecule has 3 N–H and O–H groups in total. The molecule has 0 heterocycles. The first kappa shape index (κ1) is 13.0. The van der Waals surface area contributed by atoms with Gasteiger partial charge < -0.3 is 11.1 Å². The number of benzene rings is 1. The average Bonchev–Trinajstić information content (AvgIpc) is 3.16. The van der Waals surface area contributed by atoms with E-state index in [0.29, 0.717) is 5.92 Å². The predicted octanol–water partition coefficient (Wildman–Crippen LogP) is 1.82. The first-order chi connectivity index (χ1) is 8.46. The lowest BCUT2D eigenvalue weighted by molar-refractivity contribution is 0.0893. The van der Waals surface area contributed by atoms with Crippen LogP contribution in [0.1, 0.15) is 30.1 Å². The summed E-state index contributed by atoms with van der Waals surface area (Å²) in [7, 11) is 0. The van der Waals surface area contributed by atoms with E-state index in [1.165, 1.54) is 0 Å². The van der Waals surface area contributed by atoms with E-state index in [1.807, 2.05) is 6.92 Å². The van der Waals surface area contributed by atoms with Crippen molar-refractivity contribution in [3.63, 3.8) is 0 Å². The van der Waals surface area contributed by atoms with E-state index in [2.05, 4.69) is 5.32 Å². The minimum Gasteiger partial charge on any atom is -0.345 e. The van der Waals surface area contributed by atoms with Crippen molar-refractivity contribution in [2.24, 2.45) is 11.7 Å². The number of rotatable bonds is 4. The summed E-state index contributed by atoms with van der Waals surface area (Å²) in [5.74, 6) is -1.67. The molecule has 1 amide bonds. The normalized spacial score (nSPS) is 18.2. The van der Waals surface area contributed by atoms with Crippen LogP contribution in [0, 0.1) is 17.6 Å². The maximum Gasteiger partial charge on any atom is 0.254 e. The van der Waals surface area contributed by atoms with Crippen LogP contribution in [-0.2, 0) is 0 Å². The van der Waals surface area contributed by atoms with Gasteiger partial charge in [-0.25, -0.2) is 8.78 Å². The second-order valence-electron chi connectivity index (χ2n) is 4.97. The van der Waals surface area contributed by atoms with E-state index in [1.54, 1.807) is 0 Å². The molecular weight excluding hydrogens is 238 g/mol. The molecule has 2 rings (SSSR count). The lowest BCUT2D eigenvalue weighted by atomic mass is 9.95. The van der Waals surface area contributed by atoms with Gasteiger partial charge in [-0.2, -0.15) is 0 Å². The van der Waals surface area contributed by atoms with Crippen molar-refractivity contribution in [1.29, 1.82) is 0 Å². The second-order valence-corrected chi connectivity index (χ2v) is 4.97. The Hall–Kier alpha value is -1.49. The molecule has 0 spiro atoms. The van der Waals surface area contributed by atoms with Crippen LogP contribution in [0.4, 0.5) is 8.78 Å². The molecule has 98 valence electrons. The third-order valence-corrected chi connectivity index (χ3v) is 3.47. The zero-order chi connectivity index (χ0) is 13.3. The molecule has 1 aromatic carbocycles. The molecule has 1 aliphatic rings. The fourth-order valence-corrected chi connectivity index (χ4v) is 2.04. The Balaban J connectivity index is 2.18. The molecule has 18 heavy (non-hydrogen) atoms. The first-order valence-corrected chi connectivity index (χ1v) is 5.94. The highest BCUT2D eigenvalue weighted by Crippen LogP contribution is 2.39. The van der Waals surface area contributed by atoms with Crippen LogP contribution in [0.15, 0.2) is 18.2 Å². The summed E-state index contributed by atoms with van der Waals surface area (Å²) in [4.78, 5) is 12.0. The fourth-order valence-electron chi connectivity index (χ4n) is 2.04. The molecule has 0 aliphatic heterocycles. The lowest BCUT2D eigenvalue weighted by Crippen LogP contribution is -2.53. The number of nitrogens with two attached hydrogens (primary N) is 1. The van der Waals surface area contributed by atoms with Crippen LogP contribution in [0.25, 0.3) is 0 Å². The number of nitrogens with one attached hydrogen (secondary N) is 1. The first-order valence-electron chi connectivity index (χ1n) is 5.94. The van der Waals surface area contributed by atoms with Gasteiger partial charge in [0.2, 0.25) is 0 Å². The number of hydrogen-bond donors (Lipinski definition) is 2. The minimum absolute atomic E-state index is 0.278. The Labute approximate surface area is 104 Å². The fraction of sp³-hybridized carbons (Fsp3) is 0.462. The molecule has 0 aromatic heterocycles. The summed E-state index contributed by atoms with van der Waals surface area (Å²) in [5, 5.41) is 2.72. The summed E-state index contributed by atoms with van der Waals surface area (Å²) in [6, 6.07) is 2.82. The molecule has 1 atom stereocenters. The van der Waals surface area contributed by atoms with Crippen LogP contribution in [0.5, 0.6) is 0 Å². The second kappa shape index (κ2) is 4.65. The van der Waals surface area contributed by atoms with E-state index < -0.39 is 23.1 Å². The van der Waals surface area contributed by atoms with Gasteiger partial charge >= 0.3 is 0 Å². The molecule has 1 unspecified atom stereocenters. The van der Waals surface area contributed by atoms with E-state index in [4.69, 9.17) is 5.73 Å². The topological polar surface area (TPSA) is 55.1 Å². The van der Waals surface area contributed by atoms with Gasteiger partial charge in [-0.1, -0.05) is 0 Å². The molecule has 1 saturated carbocycles. The smallest absolute Gasteiger partial charge is 0.254 e. The van der Waals surface area contributed by atoms with Crippen molar-refractivity contribution in [3.8, 4) is 0 Å². The van der Waals surface area contributed by atoms with Crippen molar-refractivity contribution < 1.29 is 13.6 Å². The summed E-state index contributed by atoms with van der Waals surface area (Å²) < 4.78 is 26.5. The quantitative estimate of drug-likeness (QED) is 0.861. The number of carbonyl (C=O) groups is 1. The van der Waals surface area contributed by atoms with Gasteiger partial charge in [0.05, 0.1) is 11.1 Å². The Morgan fingerprint density at radius 2 is 2.17 bits per heavy atom. The standard InChI is InChI=1S/C13H16F2N2O/c1-13(7-16,8-2-3-8)17-12(18)10-6-9(14)4-5-11(10)15/h4-6,8H,2-3,7,16H2,1H3,(H,17,18). The van der Waals surface area contributed by atoms with Crippen molar-refractivity contribution in [3.05, 3.63) is 35.4 Å². The zero-order valence-electron chi connectivity index (χ0n) is 10.2. The SMILES string of the molecule is CC(CN)(NC(=O)c1cc(F)ccc1F)C1CC1. The zero-order valence-corrected chi connectivity index (χ0v) is 10.2. The number of amides is 1. The third-order valence-electron chi connectivity index (χ3n) is 3.47. The van der Waals surface area contributed by atoms with Gasteiger partial charge in [0.25, 0.3) is 5.91 Å². The number of carbonyl (C=O) groups excluding carboxylic acids is 1. The number of halogens is 2. The highest BCUT2D eigenvalue weighted by molar-refractivity contribution is 5.95. The van der Waals surface area contributed by atoms with Gasteiger partial charge in [0.1, 0.15) is 11.6 Å². The maximum atomic E-state index is 13.5. The molecule has 1 aromatic rings. The lowest BCUT2D eigenvalue weighted by Gasteiger charge is -2.29. The highest BCUT2D eigenvalue weighted by Gasteiger charge is 2.41. The molecule has 0 bridgehead atoms. The number of hydrogen-bond acceptors (Lipinski definition) is 2. The van der Waals surface area contributed by atoms with Crippen molar-refractivity contribution >= 4 is 5.91 Å². The van der Waals surface area contributed by atoms with E-state index in [-0.39, 0.29) is 12.1 Å². The molecule has 3 nitrogen and oxygen atoms in total. The monoisotopic (exact) mass is 254 g/mol. The minimum atomic E-state index is -0.732. The Kier molecular flexibility index (Phi) is 3.34. The molecule has 0 radical (unpaired) electrons. The Bertz CT molecular complexity index is 474. The highest BCUT2D eigenvalue weighted by atomic mass is 19.1. The van der Waals surface area contributed by atoms with Gasteiger partial charge in [0.15, 0.2) is 0 Å². The van der Waals surface area contributed by atoms with Crippen LogP contribution in [0.2, 0.25) is 0 Å². The van der Waals surface area contributed by atoms with E-state index in [0.717, 1.165) is 31.0 Å². The summed E-state index contributed by atoms with van der Waals surface area (Å²) >= 11 is 0. The molecule has 5 heteroatoms. The van der Waals surface area contributed by atoms with Crippen LogP contribution in [-0.4, -0.2) is 18.0 Å². The molecular formula is C13H16F2N2O. The molecule has 1 fully saturated rings. The predicted molar refractivity (Wildman–Crippen MR) is 64.0 cm³/mol. The van der Waals surface area contributed by atoms with Crippen molar-refractivity contribution in [2.45, 2.75) is 25.3 Å². The van der Waals surface area contributed by atoms with Gasteiger partial charge in [-0.05, 0) is 43.9 Å². The van der Waals surface area contributed by atoms with Crippen LogP contribution >= 0.6 is 0 Å². The summed E-state index contributed by atoms with van der Waals surface area (Å²) in [6.07, 6.45) is 2.00. The summed E-state index contributed by atoms with van der Waals surface area (Å²) in [6.45, 7) is 2.11. The van der Waals surface area contributed by atoms with Gasteiger partial charge in [-0.15, -0.1) is 0 Å². The van der Waals surface area contributed by atoms with Crippen molar-refractivity contribution in [2.75, 3.05) is 6.54 Å². The molecule has 1 aliphatic carbocycles. The van der Waals surface area contributed by atoms with Crippen LogP contribution < -0.4 is 11.1 Å². The van der Waals surface area contributed by atoms with Crippen LogP contribution in [0.3, 0.4) is 0 Å². The summed E-state index contributed by atoms with van der Waals surface area (Å²) in [5.41, 5.74) is 4.83. The Morgan fingerprint density at radius 3 is 2.72 bits per heavy atom. The molecule has 0 saturated heterocycles. The van der Waals surface area contributed by atoms with E-state index in [9.17, 15) is 13.6 Å². The van der Waals surface area contributed by atoms with Gasteiger partial charge in [0, 0.05) is 6.54 Å². The third kappa shape index (κ3) is 2.51. The van der Waals surface area contributed by atoms with Gasteiger partial charge in [-0.3, -0.25) is 4.79 Å². The largest absolute Gasteiger partial charge is 0.345 e. The Morgan fingerprint density at radius 1 is 1.50 bits per heavy atom. The van der Waals surface area contributed by atoms with Crippen molar-refractivity contribution in [1.82, 2.24) is 5.32 Å².